The number of hydrogen-bond donors (Lipinski definition) is 0. The van der Waals surface area contributed by atoms with E-state index in [2.05, 4.69) is 44.8 Å². The van der Waals surface area contributed by atoms with Gasteiger partial charge in [-0.15, -0.1) is 0 Å². The van der Waals surface area contributed by atoms with E-state index in [9.17, 15) is 0 Å². The summed E-state index contributed by atoms with van der Waals surface area (Å²) in [6.45, 7) is 7.54. The molecule has 2 saturated heterocycles. The molecule has 2 fully saturated rings. The Morgan fingerprint density at radius 2 is 1.77 bits per heavy atom. The van der Waals surface area contributed by atoms with Crippen molar-refractivity contribution in [3.8, 4) is 0 Å². The number of nitrogens with zero attached hydrogens (tertiary/aromatic N) is 6. The summed E-state index contributed by atoms with van der Waals surface area (Å²) in [5.41, 5.74) is 3.68. The predicted octanol–water partition coefficient (Wildman–Crippen LogP) is 3.76. The Kier molecular flexibility index (Phi) is 6.82. The van der Waals surface area contributed by atoms with E-state index in [4.69, 9.17) is 9.97 Å². The van der Waals surface area contributed by atoms with Crippen LogP contribution in [0.4, 0.5) is 5.95 Å². The lowest BCUT2D eigenvalue weighted by molar-refractivity contribution is 0.228. The fraction of sp³-hybridized carbons (Fsp3) is 0.625. The molecular weight excluding hydrogens is 372 g/mol. The molecule has 1 aromatic rings. The number of likely N-dealkylation sites (tertiary alicyclic amines) is 1. The molecule has 6 heteroatoms. The standard InChI is InChI=1S/C24H36N6/c1-19-16-22(27-24(26-19)30-12-5-4-6-13-30)21-10-14-29(15-11-21)18-20-8-7-9-23(25-17-20)28(2)3/h8-9,16-17,21H,4-7,10-15,18H2,1-3H3. The molecule has 3 aliphatic heterocycles. The minimum absolute atomic E-state index is 0.547. The van der Waals surface area contributed by atoms with E-state index in [0.29, 0.717) is 5.92 Å². The van der Waals surface area contributed by atoms with E-state index in [1.807, 2.05) is 20.3 Å². The van der Waals surface area contributed by atoms with Gasteiger partial charge in [-0.3, -0.25) is 4.90 Å². The van der Waals surface area contributed by atoms with E-state index in [1.54, 1.807) is 0 Å². The van der Waals surface area contributed by atoms with Gasteiger partial charge in [-0.25, -0.2) is 15.0 Å². The van der Waals surface area contributed by atoms with Crippen LogP contribution in [-0.4, -0.2) is 72.8 Å². The van der Waals surface area contributed by atoms with Crippen molar-refractivity contribution in [2.24, 2.45) is 4.99 Å². The normalized spacial score (nSPS) is 21.2. The number of rotatable bonds is 5. The number of aliphatic imine (C=N–C) groups is 1. The molecule has 0 amide bonds. The second-order valence-electron chi connectivity index (χ2n) is 9.06. The fourth-order valence-electron chi connectivity index (χ4n) is 4.64. The number of anilines is 1. The first kappa shape index (κ1) is 21.0. The molecule has 30 heavy (non-hydrogen) atoms. The predicted molar refractivity (Wildman–Crippen MR) is 124 cm³/mol. The Labute approximate surface area is 181 Å². The SMILES string of the molecule is Cc1cc(C2CCN(CC3=CCC=C(N(C)C)N=C3)CC2)nc(N2CCCCC2)n1. The molecule has 0 bridgehead atoms. The fourth-order valence-corrected chi connectivity index (χ4v) is 4.64. The first-order valence-electron chi connectivity index (χ1n) is 11.5. The highest BCUT2D eigenvalue weighted by atomic mass is 15.3. The van der Waals surface area contributed by atoms with Crippen LogP contribution in [0, 0.1) is 6.92 Å². The van der Waals surface area contributed by atoms with Crippen molar-refractivity contribution < 1.29 is 0 Å². The number of hydrogen-bond acceptors (Lipinski definition) is 6. The van der Waals surface area contributed by atoms with Gasteiger partial charge in [-0.2, -0.15) is 0 Å². The molecule has 4 rings (SSSR count). The van der Waals surface area contributed by atoms with E-state index in [-0.39, 0.29) is 0 Å². The summed E-state index contributed by atoms with van der Waals surface area (Å²) < 4.78 is 0. The largest absolute Gasteiger partial charge is 0.363 e. The van der Waals surface area contributed by atoms with Crippen LogP contribution in [-0.2, 0) is 0 Å². The van der Waals surface area contributed by atoms with Gasteiger partial charge in [0.1, 0.15) is 5.82 Å². The number of piperidine rings is 2. The van der Waals surface area contributed by atoms with Crippen LogP contribution in [0.5, 0.6) is 0 Å². The lowest BCUT2D eigenvalue weighted by Crippen LogP contribution is -2.35. The van der Waals surface area contributed by atoms with E-state index >= 15 is 0 Å². The average molecular weight is 409 g/mol. The Hall–Kier alpha value is -2.21. The molecule has 0 radical (unpaired) electrons. The second kappa shape index (κ2) is 9.73. The first-order chi connectivity index (χ1) is 14.6. The molecule has 0 spiro atoms. The van der Waals surface area contributed by atoms with E-state index < -0.39 is 0 Å². The van der Waals surface area contributed by atoms with Gasteiger partial charge < -0.3 is 9.80 Å². The smallest absolute Gasteiger partial charge is 0.225 e. The summed E-state index contributed by atoms with van der Waals surface area (Å²) in [7, 11) is 4.09. The molecule has 0 N–H and O–H groups in total. The summed E-state index contributed by atoms with van der Waals surface area (Å²) in [6, 6.07) is 2.21. The number of aryl methyl sites for hydroxylation is 1. The maximum Gasteiger partial charge on any atom is 0.225 e. The van der Waals surface area contributed by atoms with Crippen LogP contribution < -0.4 is 4.90 Å². The maximum absolute atomic E-state index is 5.01. The molecule has 0 saturated carbocycles. The average Bonchev–Trinajstić information content (AvgIpc) is 3.00. The van der Waals surface area contributed by atoms with Gasteiger partial charge in [-0.05, 0) is 76.3 Å². The Morgan fingerprint density at radius 3 is 2.50 bits per heavy atom. The molecule has 1 aromatic heterocycles. The van der Waals surface area contributed by atoms with Gasteiger partial charge in [0.15, 0.2) is 0 Å². The van der Waals surface area contributed by atoms with Crippen LogP contribution in [0.25, 0.3) is 0 Å². The van der Waals surface area contributed by atoms with Gasteiger partial charge in [0.25, 0.3) is 0 Å². The third kappa shape index (κ3) is 5.28. The first-order valence-corrected chi connectivity index (χ1v) is 11.5. The summed E-state index contributed by atoms with van der Waals surface area (Å²) in [6.07, 6.45) is 13.7. The van der Waals surface area contributed by atoms with Crippen LogP contribution in [0.15, 0.2) is 34.6 Å². The van der Waals surface area contributed by atoms with Crippen molar-refractivity contribution in [3.05, 3.63) is 41.0 Å². The number of allylic oxidation sites excluding steroid dienone is 2. The highest BCUT2D eigenvalue weighted by Gasteiger charge is 2.24. The third-order valence-corrected chi connectivity index (χ3v) is 6.41. The molecule has 0 aromatic carbocycles. The zero-order valence-electron chi connectivity index (χ0n) is 18.8. The minimum atomic E-state index is 0.547. The topological polar surface area (TPSA) is 47.9 Å². The van der Waals surface area contributed by atoms with Crippen molar-refractivity contribution in [2.75, 3.05) is 51.7 Å². The molecule has 0 aliphatic carbocycles. The van der Waals surface area contributed by atoms with Crippen molar-refractivity contribution in [3.63, 3.8) is 0 Å². The zero-order valence-corrected chi connectivity index (χ0v) is 18.8. The van der Waals surface area contributed by atoms with Gasteiger partial charge in [0.05, 0.1) is 0 Å². The van der Waals surface area contributed by atoms with Crippen LogP contribution >= 0.6 is 0 Å². The zero-order chi connectivity index (χ0) is 20.9. The van der Waals surface area contributed by atoms with Crippen molar-refractivity contribution >= 4 is 12.2 Å². The van der Waals surface area contributed by atoms with Crippen LogP contribution in [0.1, 0.15) is 55.8 Å². The van der Waals surface area contributed by atoms with Crippen molar-refractivity contribution in [1.82, 2.24) is 19.8 Å². The lowest BCUT2D eigenvalue weighted by atomic mass is 9.92. The Morgan fingerprint density at radius 1 is 1.00 bits per heavy atom. The molecule has 3 aliphatic rings. The third-order valence-electron chi connectivity index (χ3n) is 6.41. The highest BCUT2D eigenvalue weighted by Crippen LogP contribution is 2.29. The van der Waals surface area contributed by atoms with Gasteiger partial charge in [0.2, 0.25) is 5.95 Å². The molecule has 6 nitrogen and oxygen atoms in total. The number of aromatic nitrogens is 2. The minimum Gasteiger partial charge on any atom is -0.363 e. The van der Waals surface area contributed by atoms with Gasteiger partial charge in [-0.1, -0.05) is 6.08 Å². The molecular formula is C24H36N6. The summed E-state index contributed by atoms with van der Waals surface area (Å²) in [4.78, 5) is 21.4. The van der Waals surface area contributed by atoms with E-state index in [1.165, 1.54) is 43.4 Å². The molecule has 162 valence electrons. The molecule has 0 unspecified atom stereocenters. The van der Waals surface area contributed by atoms with Crippen molar-refractivity contribution in [1.29, 1.82) is 0 Å². The second-order valence-corrected chi connectivity index (χ2v) is 9.06. The Bertz CT molecular complexity index is 811. The summed E-state index contributed by atoms with van der Waals surface area (Å²) in [5, 5.41) is 0. The van der Waals surface area contributed by atoms with Gasteiger partial charge >= 0.3 is 0 Å². The Balaban J connectivity index is 1.34. The summed E-state index contributed by atoms with van der Waals surface area (Å²) in [5.74, 6) is 2.55. The summed E-state index contributed by atoms with van der Waals surface area (Å²) >= 11 is 0. The molecule has 0 atom stereocenters. The monoisotopic (exact) mass is 408 g/mol. The van der Waals surface area contributed by atoms with Crippen LogP contribution in [0.2, 0.25) is 0 Å². The van der Waals surface area contributed by atoms with Crippen molar-refractivity contribution in [2.45, 2.75) is 51.4 Å². The van der Waals surface area contributed by atoms with Gasteiger partial charge in [0, 0.05) is 57.2 Å². The van der Waals surface area contributed by atoms with E-state index in [0.717, 1.165) is 56.6 Å². The lowest BCUT2D eigenvalue weighted by Gasteiger charge is -2.33. The molecule has 4 heterocycles. The quantitative estimate of drug-likeness (QED) is 0.742. The highest BCUT2D eigenvalue weighted by molar-refractivity contribution is 5.80. The van der Waals surface area contributed by atoms with Crippen LogP contribution in [0.3, 0.4) is 0 Å². The maximum atomic E-state index is 5.01.